The van der Waals surface area contributed by atoms with Gasteiger partial charge in [-0.25, -0.2) is 18.1 Å². The van der Waals surface area contributed by atoms with Crippen LogP contribution in [-0.4, -0.2) is 23.6 Å². The monoisotopic (exact) mass is 293 g/mol. The van der Waals surface area contributed by atoms with Gasteiger partial charge in [0.1, 0.15) is 0 Å². The second kappa shape index (κ2) is 5.04. The zero-order chi connectivity index (χ0) is 14.9. The number of hydrogen-bond acceptors (Lipinski definition) is 6. The van der Waals surface area contributed by atoms with E-state index in [1.807, 2.05) is 0 Å². The highest BCUT2D eigenvalue weighted by atomic mass is 32.2. The summed E-state index contributed by atoms with van der Waals surface area (Å²) in [6.45, 7) is 5.22. The zero-order valence-electron chi connectivity index (χ0n) is 11.4. The second-order valence-corrected chi connectivity index (χ2v) is 6.11. The van der Waals surface area contributed by atoms with Crippen LogP contribution in [0.4, 0.5) is 11.6 Å². The molecular weight excluding hydrogens is 278 g/mol. The minimum Gasteiger partial charge on any atom is -0.399 e. The highest BCUT2D eigenvalue weighted by Crippen LogP contribution is 2.18. The SMILES string of the molecule is Cc1cc(S(=O)(=O)Nc2nnc(C)c(C)n2)ccc1N. The Morgan fingerprint density at radius 2 is 1.80 bits per heavy atom. The predicted octanol–water partition coefficient (Wildman–Crippen LogP) is 1.18. The largest absolute Gasteiger partial charge is 0.399 e. The third-order valence-corrected chi connectivity index (χ3v) is 4.19. The van der Waals surface area contributed by atoms with E-state index in [1.54, 1.807) is 26.8 Å². The summed E-state index contributed by atoms with van der Waals surface area (Å²) in [5.74, 6) is -0.0532. The van der Waals surface area contributed by atoms with Gasteiger partial charge in [-0.3, -0.25) is 0 Å². The van der Waals surface area contributed by atoms with Crippen molar-refractivity contribution < 1.29 is 8.42 Å². The van der Waals surface area contributed by atoms with Crippen LogP contribution >= 0.6 is 0 Å². The molecule has 0 spiro atoms. The summed E-state index contributed by atoms with van der Waals surface area (Å²) in [6.07, 6.45) is 0. The standard InChI is InChI=1S/C12H15N5O2S/c1-7-6-10(4-5-11(7)13)20(18,19)17-12-14-8(2)9(3)15-16-12/h4-6H,13H2,1-3H3,(H,14,16,17). The van der Waals surface area contributed by atoms with Gasteiger partial charge in [-0.05, 0) is 44.5 Å². The summed E-state index contributed by atoms with van der Waals surface area (Å²) in [6, 6.07) is 4.47. The van der Waals surface area contributed by atoms with Gasteiger partial charge in [0.2, 0.25) is 0 Å². The maximum absolute atomic E-state index is 12.2. The Balaban J connectivity index is 2.35. The highest BCUT2D eigenvalue weighted by molar-refractivity contribution is 7.92. The third kappa shape index (κ3) is 2.85. The third-order valence-electron chi connectivity index (χ3n) is 2.87. The molecular formula is C12H15N5O2S. The molecule has 3 N–H and O–H groups in total. The van der Waals surface area contributed by atoms with Crippen molar-refractivity contribution in [3.8, 4) is 0 Å². The number of aromatic nitrogens is 3. The molecule has 0 saturated carbocycles. The second-order valence-electron chi connectivity index (χ2n) is 4.43. The van der Waals surface area contributed by atoms with Crippen molar-refractivity contribution in [2.24, 2.45) is 0 Å². The topological polar surface area (TPSA) is 111 Å². The maximum atomic E-state index is 12.2. The molecule has 1 heterocycles. The Morgan fingerprint density at radius 3 is 2.40 bits per heavy atom. The molecule has 1 aromatic carbocycles. The van der Waals surface area contributed by atoms with E-state index in [0.717, 1.165) is 0 Å². The molecule has 7 nitrogen and oxygen atoms in total. The molecule has 1 aromatic heterocycles. The number of nitrogens with two attached hydrogens (primary N) is 1. The molecule has 0 bridgehead atoms. The summed E-state index contributed by atoms with van der Waals surface area (Å²) in [5.41, 5.74) is 8.16. The minimum atomic E-state index is -3.75. The zero-order valence-corrected chi connectivity index (χ0v) is 12.2. The van der Waals surface area contributed by atoms with Crippen molar-refractivity contribution in [1.29, 1.82) is 0 Å². The van der Waals surface area contributed by atoms with Crippen molar-refractivity contribution in [3.63, 3.8) is 0 Å². The first-order valence-electron chi connectivity index (χ1n) is 5.86. The molecule has 0 aliphatic heterocycles. The smallest absolute Gasteiger partial charge is 0.264 e. The van der Waals surface area contributed by atoms with E-state index in [9.17, 15) is 8.42 Å². The number of hydrogen-bond donors (Lipinski definition) is 2. The van der Waals surface area contributed by atoms with Crippen LogP contribution in [0.5, 0.6) is 0 Å². The summed E-state index contributed by atoms with van der Waals surface area (Å²) >= 11 is 0. The Labute approximate surface area is 117 Å². The number of anilines is 2. The fraction of sp³-hybridized carbons (Fsp3) is 0.250. The van der Waals surface area contributed by atoms with Gasteiger partial charge in [0.15, 0.2) is 0 Å². The molecule has 0 saturated heterocycles. The molecule has 0 aliphatic carbocycles. The van der Waals surface area contributed by atoms with Gasteiger partial charge in [0, 0.05) is 5.69 Å². The summed E-state index contributed by atoms with van der Waals surface area (Å²) in [7, 11) is -3.75. The lowest BCUT2D eigenvalue weighted by molar-refractivity contribution is 0.600. The van der Waals surface area contributed by atoms with Crippen LogP contribution in [0.15, 0.2) is 23.1 Å². The molecule has 0 unspecified atom stereocenters. The highest BCUT2D eigenvalue weighted by Gasteiger charge is 2.17. The first-order chi connectivity index (χ1) is 9.29. The first-order valence-corrected chi connectivity index (χ1v) is 7.35. The molecule has 0 atom stereocenters. The molecule has 0 aliphatic rings. The first kappa shape index (κ1) is 14.2. The van der Waals surface area contributed by atoms with Gasteiger partial charge >= 0.3 is 0 Å². The van der Waals surface area contributed by atoms with Crippen LogP contribution in [0, 0.1) is 20.8 Å². The van der Waals surface area contributed by atoms with Crippen LogP contribution < -0.4 is 10.5 Å². The van der Waals surface area contributed by atoms with Crippen LogP contribution in [-0.2, 0) is 10.0 Å². The predicted molar refractivity (Wildman–Crippen MR) is 75.7 cm³/mol. The van der Waals surface area contributed by atoms with E-state index < -0.39 is 10.0 Å². The molecule has 2 rings (SSSR count). The Hall–Kier alpha value is -2.22. The Morgan fingerprint density at radius 1 is 1.10 bits per heavy atom. The van der Waals surface area contributed by atoms with Gasteiger partial charge in [-0.2, -0.15) is 5.10 Å². The van der Waals surface area contributed by atoms with Crippen molar-refractivity contribution in [1.82, 2.24) is 15.2 Å². The van der Waals surface area contributed by atoms with Crippen LogP contribution in [0.1, 0.15) is 17.0 Å². The lowest BCUT2D eigenvalue weighted by atomic mass is 10.2. The van der Waals surface area contributed by atoms with Gasteiger partial charge in [-0.1, -0.05) is 0 Å². The number of sulfonamides is 1. The van der Waals surface area contributed by atoms with E-state index in [-0.39, 0.29) is 10.8 Å². The number of aryl methyl sites for hydroxylation is 3. The van der Waals surface area contributed by atoms with Crippen molar-refractivity contribution in [3.05, 3.63) is 35.2 Å². The lowest BCUT2D eigenvalue weighted by Gasteiger charge is -2.08. The van der Waals surface area contributed by atoms with Crippen LogP contribution in [0.2, 0.25) is 0 Å². The molecule has 0 radical (unpaired) electrons. The molecule has 0 fully saturated rings. The summed E-state index contributed by atoms with van der Waals surface area (Å²) in [5, 5.41) is 7.54. The number of benzene rings is 1. The minimum absolute atomic E-state index is 0.0532. The lowest BCUT2D eigenvalue weighted by Crippen LogP contribution is -2.16. The van der Waals surface area contributed by atoms with E-state index in [2.05, 4.69) is 19.9 Å². The van der Waals surface area contributed by atoms with E-state index in [1.165, 1.54) is 12.1 Å². The van der Waals surface area contributed by atoms with Gasteiger partial charge < -0.3 is 5.73 Å². The Bertz CT molecular complexity index is 758. The Kier molecular flexibility index (Phi) is 3.58. The summed E-state index contributed by atoms with van der Waals surface area (Å²) < 4.78 is 26.7. The van der Waals surface area contributed by atoms with Crippen molar-refractivity contribution >= 4 is 21.7 Å². The van der Waals surface area contributed by atoms with Gasteiger partial charge in [0.05, 0.1) is 16.3 Å². The van der Waals surface area contributed by atoms with Crippen molar-refractivity contribution in [2.75, 3.05) is 10.5 Å². The molecule has 106 valence electrons. The number of rotatable bonds is 3. The van der Waals surface area contributed by atoms with Gasteiger partial charge in [-0.15, -0.1) is 5.10 Å². The van der Waals surface area contributed by atoms with Gasteiger partial charge in [0.25, 0.3) is 16.0 Å². The normalized spacial score (nSPS) is 11.3. The maximum Gasteiger partial charge on any atom is 0.264 e. The van der Waals surface area contributed by atoms with E-state index >= 15 is 0 Å². The number of nitrogen functional groups attached to an aromatic ring is 1. The number of nitrogens with zero attached hydrogens (tertiary/aromatic N) is 3. The van der Waals surface area contributed by atoms with E-state index in [4.69, 9.17) is 5.73 Å². The van der Waals surface area contributed by atoms with Crippen LogP contribution in [0.25, 0.3) is 0 Å². The number of nitrogens with one attached hydrogen (secondary N) is 1. The molecule has 8 heteroatoms. The average Bonchev–Trinajstić information content (AvgIpc) is 2.37. The fourth-order valence-corrected chi connectivity index (χ4v) is 2.52. The average molecular weight is 293 g/mol. The van der Waals surface area contributed by atoms with Crippen molar-refractivity contribution in [2.45, 2.75) is 25.7 Å². The van der Waals surface area contributed by atoms with Crippen LogP contribution in [0.3, 0.4) is 0 Å². The molecule has 20 heavy (non-hydrogen) atoms. The molecule has 0 amide bonds. The summed E-state index contributed by atoms with van der Waals surface area (Å²) in [4.78, 5) is 4.14. The van der Waals surface area contributed by atoms with E-state index in [0.29, 0.717) is 22.6 Å². The molecule has 2 aromatic rings. The fourth-order valence-electron chi connectivity index (χ4n) is 1.49. The quantitative estimate of drug-likeness (QED) is 0.822.